The second-order valence-corrected chi connectivity index (χ2v) is 7.69. The molecule has 2 aromatic rings. The Morgan fingerprint density at radius 3 is 2.52 bits per heavy atom. The lowest BCUT2D eigenvalue weighted by Gasteiger charge is -2.43. The van der Waals surface area contributed by atoms with Crippen LogP contribution in [0.5, 0.6) is 0 Å². The van der Waals surface area contributed by atoms with E-state index in [0.29, 0.717) is 23.2 Å². The second-order valence-electron chi connectivity index (χ2n) is 7.33. The van der Waals surface area contributed by atoms with Crippen molar-refractivity contribution >= 4 is 34.7 Å². The second kappa shape index (κ2) is 6.43. The van der Waals surface area contributed by atoms with Gasteiger partial charge >= 0.3 is 0 Å². The quantitative estimate of drug-likeness (QED) is 0.591. The zero-order valence-electron chi connectivity index (χ0n) is 15.4. The fourth-order valence-electron chi connectivity index (χ4n) is 3.82. The van der Waals surface area contributed by atoms with Crippen LogP contribution in [0, 0.1) is 20.4 Å². The minimum Gasteiger partial charge on any atom is -0.360 e. The number of hydrogen-bond acceptors (Lipinski definition) is 3. The number of pyridine rings is 1. The SMILES string of the molecule is [C-]#[N+]c1ncc(N2C(=O)C3(CCC3)N(Cc3ccc(C)cc3)C2=S)cc1C. The molecular weight excluding hydrogens is 356 g/mol. The fraction of sp³-hybridized carbons (Fsp3) is 0.333. The van der Waals surface area contributed by atoms with Gasteiger partial charge < -0.3 is 9.74 Å². The molecule has 4 rings (SSSR count). The molecule has 1 aromatic heterocycles. The zero-order valence-corrected chi connectivity index (χ0v) is 16.2. The number of aromatic nitrogens is 1. The van der Waals surface area contributed by atoms with Gasteiger partial charge in [-0.1, -0.05) is 36.4 Å². The molecule has 1 saturated carbocycles. The average Bonchev–Trinajstić information content (AvgIpc) is 2.84. The van der Waals surface area contributed by atoms with Crippen molar-refractivity contribution < 1.29 is 4.79 Å². The molecule has 1 saturated heterocycles. The summed E-state index contributed by atoms with van der Waals surface area (Å²) in [7, 11) is 0. The number of benzene rings is 1. The van der Waals surface area contributed by atoms with E-state index in [9.17, 15) is 4.79 Å². The largest absolute Gasteiger partial charge is 0.360 e. The van der Waals surface area contributed by atoms with Gasteiger partial charge in [0.05, 0.1) is 5.69 Å². The van der Waals surface area contributed by atoms with Gasteiger partial charge in [-0.2, -0.15) is 0 Å². The Labute approximate surface area is 164 Å². The van der Waals surface area contributed by atoms with E-state index in [2.05, 4.69) is 45.9 Å². The Morgan fingerprint density at radius 2 is 1.96 bits per heavy atom. The molecule has 0 unspecified atom stereocenters. The van der Waals surface area contributed by atoms with Gasteiger partial charge in [0, 0.05) is 6.54 Å². The minimum absolute atomic E-state index is 0.0302. The maximum Gasteiger partial charge on any atom is 0.272 e. The lowest BCUT2D eigenvalue weighted by atomic mass is 9.75. The third-order valence-corrected chi connectivity index (χ3v) is 5.99. The van der Waals surface area contributed by atoms with E-state index in [0.717, 1.165) is 30.4 Å². The van der Waals surface area contributed by atoms with Gasteiger partial charge in [-0.15, -0.1) is 4.98 Å². The molecule has 0 N–H and O–H groups in total. The first-order valence-corrected chi connectivity index (χ1v) is 9.43. The van der Waals surface area contributed by atoms with E-state index in [1.807, 2.05) is 13.0 Å². The summed E-state index contributed by atoms with van der Waals surface area (Å²) in [6.07, 6.45) is 4.24. The summed E-state index contributed by atoms with van der Waals surface area (Å²) in [6.45, 7) is 11.7. The highest BCUT2D eigenvalue weighted by atomic mass is 32.1. The molecule has 5 nitrogen and oxygen atoms in total. The number of aryl methyl sites for hydroxylation is 2. The van der Waals surface area contributed by atoms with Gasteiger partial charge in [0.2, 0.25) is 0 Å². The minimum atomic E-state index is -0.533. The number of nitrogens with zero attached hydrogens (tertiary/aromatic N) is 4. The van der Waals surface area contributed by atoms with E-state index in [4.69, 9.17) is 18.8 Å². The Balaban J connectivity index is 1.70. The van der Waals surface area contributed by atoms with Crippen molar-refractivity contribution in [2.24, 2.45) is 0 Å². The van der Waals surface area contributed by atoms with Gasteiger partial charge in [-0.3, -0.25) is 9.69 Å². The molecule has 2 heterocycles. The van der Waals surface area contributed by atoms with Gasteiger partial charge in [0.1, 0.15) is 11.7 Å². The maximum atomic E-state index is 13.3. The molecule has 2 fully saturated rings. The summed E-state index contributed by atoms with van der Waals surface area (Å²) in [6, 6.07) is 10.2. The van der Waals surface area contributed by atoms with Crippen LogP contribution in [-0.4, -0.2) is 26.4 Å². The number of amides is 1. The molecule has 2 aliphatic rings. The van der Waals surface area contributed by atoms with E-state index in [1.54, 1.807) is 11.1 Å². The number of rotatable bonds is 3. The van der Waals surface area contributed by atoms with E-state index in [1.165, 1.54) is 5.56 Å². The maximum absolute atomic E-state index is 13.3. The van der Waals surface area contributed by atoms with Crippen LogP contribution in [0.4, 0.5) is 11.5 Å². The van der Waals surface area contributed by atoms with Crippen LogP contribution >= 0.6 is 12.2 Å². The smallest absolute Gasteiger partial charge is 0.272 e. The molecule has 1 aromatic carbocycles. The first kappa shape index (κ1) is 17.6. The Kier molecular flexibility index (Phi) is 4.20. The van der Waals surface area contributed by atoms with E-state index < -0.39 is 5.54 Å². The summed E-state index contributed by atoms with van der Waals surface area (Å²) >= 11 is 5.74. The molecule has 0 bridgehead atoms. The van der Waals surface area contributed by atoms with Crippen LogP contribution in [-0.2, 0) is 11.3 Å². The molecule has 1 aliphatic heterocycles. The van der Waals surface area contributed by atoms with Crippen LogP contribution in [0.15, 0.2) is 36.5 Å². The lowest BCUT2D eigenvalue weighted by Crippen LogP contribution is -2.54. The Bertz CT molecular complexity index is 973. The summed E-state index contributed by atoms with van der Waals surface area (Å²) in [5.41, 5.74) is 3.21. The third kappa shape index (κ3) is 2.70. The topological polar surface area (TPSA) is 40.8 Å². The highest BCUT2D eigenvalue weighted by Gasteiger charge is 2.58. The van der Waals surface area contributed by atoms with E-state index in [-0.39, 0.29) is 5.91 Å². The molecule has 0 atom stereocenters. The molecule has 1 aliphatic carbocycles. The monoisotopic (exact) mass is 376 g/mol. The first-order chi connectivity index (χ1) is 13.0. The summed E-state index contributed by atoms with van der Waals surface area (Å²) in [5.74, 6) is 0.383. The standard InChI is InChI=1S/C21H20N4OS/c1-14-5-7-16(8-6-14)13-24-20(27)25(19(26)21(24)9-4-10-21)17-11-15(2)18(22-3)23-12-17/h5-8,11-12H,4,9-10,13H2,1-2H3. The molecule has 1 spiro atoms. The Hall–Kier alpha value is -2.78. The van der Waals surface area contributed by atoms with Crippen LogP contribution in [0.1, 0.15) is 36.0 Å². The predicted octanol–water partition coefficient (Wildman–Crippen LogP) is 4.31. The zero-order chi connectivity index (χ0) is 19.2. The van der Waals surface area contributed by atoms with Crippen molar-refractivity contribution in [2.75, 3.05) is 4.90 Å². The lowest BCUT2D eigenvalue weighted by molar-refractivity contribution is -0.129. The molecule has 1 amide bonds. The number of hydrogen-bond donors (Lipinski definition) is 0. The van der Waals surface area contributed by atoms with Gasteiger partial charge in [-0.05, 0) is 62.5 Å². The van der Waals surface area contributed by atoms with Crippen molar-refractivity contribution in [1.82, 2.24) is 9.88 Å². The normalized spacial score (nSPS) is 18.0. The summed E-state index contributed by atoms with van der Waals surface area (Å²) in [4.78, 5) is 24.6. The van der Waals surface area contributed by atoms with Gasteiger partial charge in [0.15, 0.2) is 5.11 Å². The van der Waals surface area contributed by atoms with Crippen LogP contribution in [0.25, 0.3) is 4.85 Å². The first-order valence-electron chi connectivity index (χ1n) is 9.02. The number of thiocarbonyl (C=S) groups is 1. The van der Waals surface area contributed by atoms with Crippen molar-refractivity contribution in [3.63, 3.8) is 0 Å². The third-order valence-electron chi connectivity index (χ3n) is 5.58. The molecule has 136 valence electrons. The molecule has 0 radical (unpaired) electrons. The number of carbonyl (C=O) groups is 1. The number of anilines is 1. The van der Waals surface area contributed by atoms with Crippen LogP contribution in [0.2, 0.25) is 0 Å². The van der Waals surface area contributed by atoms with E-state index >= 15 is 0 Å². The summed E-state index contributed by atoms with van der Waals surface area (Å²) < 4.78 is 0. The van der Waals surface area contributed by atoms with Crippen molar-refractivity contribution in [2.45, 2.75) is 45.2 Å². The van der Waals surface area contributed by atoms with Gasteiger partial charge in [0.25, 0.3) is 11.7 Å². The van der Waals surface area contributed by atoms with Crippen molar-refractivity contribution in [1.29, 1.82) is 0 Å². The summed E-state index contributed by atoms with van der Waals surface area (Å²) in [5, 5.41) is 0.525. The predicted molar refractivity (Wildman–Crippen MR) is 109 cm³/mol. The Morgan fingerprint density at radius 1 is 1.26 bits per heavy atom. The molecule has 27 heavy (non-hydrogen) atoms. The van der Waals surface area contributed by atoms with Crippen molar-refractivity contribution in [3.05, 3.63) is 64.6 Å². The van der Waals surface area contributed by atoms with Crippen molar-refractivity contribution in [3.8, 4) is 0 Å². The average molecular weight is 376 g/mol. The fourth-order valence-corrected chi connectivity index (χ4v) is 4.25. The molecular formula is C21H20N4OS. The molecule has 6 heteroatoms. The van der Waals surface area contributed by atoms with Gasteiger partial charge in [-0.25, -0.2) is 0 Å². The highest BCUT2D eigenvalue weighted by Crippen LogP contribution is 2.46. The van der Waals surface area contributed by atoms with Crippen LogP contribution in [0.3, 0.4) is 0 Å². The van der Waals surface area contributed by atoms with Crippen LogP contribution < -0.4 is 4.90 Å². The highest BCUT2D eigenvalue weighted by molar-refractivity contribution is 7.80. The number of carbonyl (C=O) groups excluding carboxylic acids is 1.